The number of nitrogens with zero attached hydrogens (tertiary/aromatic N) is 2. The standard InChI is InChI=1S/C19H32N4O2.HI/c1-15(2)13-23-9-10-25-17(14-23)12-22-19(20-3)21-11-16-7-5-6-8-18(16)24-4;/h5-8,15,17H,9-14H2,1-4H3,(H2,20,21,22);1H. The van der Waals surface area contributed by atoms with Crippen LogP contribution in [0.3, 0.4) is 0 Å². The average molecular weight is 476 g/mol. The Hall–Kier alpha value is -1.06. The number of nitrogens with one attached hydrogen (secondary N) is 2. The topological polar surface area (TPSA) is 58.1 Å². The highest BCUT2D eigenvalue weighted by Gasteiger charge is 2.21. The summed E-state index contributed by atoms with van der Waals surface area (Å²) in [4.78, 5) is 6.77. The van der Waals surface area contributed by atoms with Crippen LogP contribution >= 0.6 is 24.0 Å². The molecule has 1 unspecified atom stereocenters. The van der Waals surface area contributed by atoms with Gasteiger partial charge in [0.25, 0.3) is 0 Å². The number of morpholine rings is 1. The zero-order chi connectivity index (χ0) is 18.1. The zero-order valence-corrected chi connectivity index (χ0v) is 18.7. The average Bonchev–Trinajstić information content (AvgIpc) is 2.62. The smallest absolute Gasteiger partial charge is 0.191 e. The first-order valence-electron chi connectivity index (χ1n) is 9.02. The van der Waals surface area contributed by atoms with Crippen LogP contribution in [-0.2, 0) is 11.3 Å². The molecule has 0 amide bonds. The summed E-state index contributed by atoms with van der Waals surface area (Å²) in [7, 11) is 3.47. The lowest BCUT2D eigenvalue weighted by molar-refractivity contribution is -0.0284. The molecule has 1 aromatic rings. The first kappa shape index (κ1) is 23.0. The van der Waals surface area contributed by atoms with Gasteiger partial charge in [-0.05, 0) is 12.0 Å². The monoisotopic (exact) mass is 476 g/mol. The van der Waals surface area contributed by atoms with E-state index in [4.69, 9.17) is 9.47 Å². The lowest BCUT2D eigenvalue weighted by Gasteiger charge is -2.34. The van der Waals surface area contributed by atoms with E-state index in [9.17, 15) is 0 Å². The first-order valence-corrected chi connectivity index (χ1v) is 9.02. The van der Waals surface area contributed by atoms with E-state index in [2.05, 4.69) is 34.4 Å². The predicted molar refractivity (Wildman–Crippen MR) is 118 cm³/mol. The van der Waals surface area contributed by atoms with Crippen molar-refractivity contribution in [2.24, 2.45) is 10.9 Å². The summed E-state index contributed by atoms with van der Waals surface area (Å²) in [5, 5.41) is 6.70. The van der Waals surface area contributed by atoms with Gasteiger partial charge >= 0.3 is 0 Å². The Labute approximate surface area is 174 Å². The number of hydrogen-bond donors (Lipinski definition) is 2. The van der Waals surface area contributed by atoms with Crippen LogP contribution in [0.15, 0.2) is 29.3 Å². The van der Waals surface area contributed by atoms with E-state index < -0.39 is 0 Å². The van der Waals surface area contributed by atoms with Gasteiger partial charge in [-0.1, -0.05) is 32.0 Å². The van der Waals surface area contributed by atoms with Gasteiger partial charge in [0.1, 0.15) is 5.75 Å². The molecule has 2 rings (SSSR count). The fourth-order valence-electron chi connectivity index (χ4n) is 3.05. The number of halogens is 1. The minimum atomic E-state index is 0. The molecular weight excluding hydrogens is 443 g/mol. The van der Waals surface area contributed by atoms with Gasteiger partial charge in [-0.3, -0.25) is 9.89 Å². The largest absolute Gasteiger partial charge is 0.496 e. The van der Waals surface area contributed by atoms with Crippen LogP contribution < -0.4 is 15.4 Å². The molecule has 1 aromatic carbocycles. The van der Waals surface area contributed by atoms with Crippen molar-refractivity contribution >= 4 is 29.9 Å². The van der Waals surface area contributed by atoms with E-state index in [1.165, 1.54) is 0 Å². The summed E-state index contributed by atoms with van der Waals surface area (Å²) < 4.78 is 11.3. The molecule has 1 fully saturated rings. The van der Waals surface area contributed by atoms with E-state index >= 15 is 0 Å². The van der Waals surface area contributed by atoms with Crippen molar-refractivity contribution in [1.82, 2.24) is 15.5 Å². The number of hydrogen-bond acceptors (Lipinski definition) is 4. The number of guanidine groups is 1. The minimum absolute atomic E-state index is 0. The Kier molecular flexibility index (Phi) is 10.9. The molecule has 1 saturated heterocycles. The molecular formula is C19H33IN4O2. The maximum absolute atomic E-state index is 5.88. The number of para-hydroxylation sites is 1. The van der Waals surface area contributed by atoms with E-state index in [1.807, 2.05) is 24.3 Å². The molecule has 2 N–H and O–H groups in total. The van der Waals surface area contributed by atoms with E-state index in [-0.39, 0.29) is 30.1 Å². The number of methoxy groups -OCH3 is 1. The van der Waals surface area contributed by atoms with E-state index in [0.717, 1.165) is 50.1 Å². The number of rotatable bonds is 7. The summed E-state index contributed by atoms with van der Waals surface area (Å²) in [6.45, 7) is 9.84. The van der Waals surface area contributed by atoms with Crippen molar-refractivity contribution in [3.8, 4) is 5.75 Å². The van der Waals surface area contributed by atoms with E-state index in [0.29, 0.717) is 12.5 Å². The van der Waals surface area contributed by atoms with Gasteiger partial charge in [-0.25, -0.2) is 0 Å². The van der Waals surface area contributed by atoms with Gasteiger partial charge in [-0.2, -0.15) is 0 Å². The SMILES string of the molecule is CN=C(NCc1ccccc1OC)NCC1CN(CC(C)C)CCO1.I. The molecule has 1 aliphatic heterocycles. The van der Waals surface area contributed by atoms with Gasteiger partial charge < -0.3 is 20.1 Å². The molecule has 0 bridgehead atoms. The summed E-state index contributed by atoms with van der Waals surface area (Å²) in [6.07, 6.45) is 0.192. The van der Waals surface area contributed by atoms with Gasteiger partial charge in [-0.15, -0.1) is 24.0 Å². The second-order valence-corrected chi connectivity index (χ2v) is 6.76. The molecule has 1 atom stereocenters. The molecule has 0 saturated carbocycles. The summed E-state index contributed by atoms with van der Waals surface area (Å²) >= 11 is 0. The van der Waals surface area contributed by atoms with Crippen molar-refractivity contribution in [2.75, 3.05) is 46.9 Å². The van der Waals surface area contributed by atoms with Crippen molar-refractivity contribution in [3.05, 3.63) is 29.8 Å². The number of benzene rings is 1. The van der Waals surface area contributed by atoms with Crippen LogP contribution in [0, 0.1) is 5.92 Å². The zero-order valence-electron chi connectivity index (χ0n) is 16.3. The molecule has 6 nitrogen and oxygen atoms in total. The van der Waals surface area contributed by atoms with Crippen molar-refractivity contribution in [2.45, 2.75) is 26.5 Å². The third kappa shape index (κ3) is 7.67. The maximum atomic E-state index is 5.88. The molecule has 0 spiro atoms. The van der Waals surface area contributed by atoms with Gasteiger partial charge in [0, 0.05) is 45.3 Å². The lowest BCUT2D eigenvalue weighted by Crippen LogP contribution is -2.50. The summed E-state index contributed by atoms with van der Waals surface area (Å²) in [5.74, 6) is 2.34. The van der Waals surface area contributed by atoms with Gasteiger partial charge in [0.05, 0.1) is 19.8 Å². The Morgan fingerprint density at radius 1 is 1.35 bits per heavy atom. The van der Waals surface area contributed by atoms with Crippen LogP contribution in [0.4, 0.5) is 0 Å². The Bertz CT molecular complexity index is 554. The Balaban J connectivity index is 0.00000338. The highest BCUT2D eigenvalue weighted by Crippen LogP contribution is 2.16. The van der Waals surface area contributed by atoms with Crippen LogP contribution in [0.1, 0.15) is 19.4 Å². The highest BCUT2D eigenvalue weighted by molar-refractivity contribution is 14.0. The fraction of sp³-hybridized carbons (Fsp3) is 0.632. The molecule has 0 aromatic heterocycles. The molecule has 26 heavy (non-hydrogen) atoms. The van der Waals surface area contributed by atoms with Crippen molar-refractivity contribution < 1.29 is 9.47 Å². The second kappa shape index (κ2) is 12.3. The van der Waals surface area contributed by atoms with Crippen molar-refractivity contribution in [3.63, 3.8) is 0 Å². The molecule has 0 aliphatic carbocycles. The second-order valence-electron chi connectivity index (χ2n) is 6.76. The van der Waals surface area contributed by atoms with Crippen molar-refractivity contribution in [1.29, 1.82) is 0 Å². The number of ether oxygens (including phenoxy) is 2. The Morgan fingerprint density at radius 3 is 2.81 bits per heavy atom. The summed E-state index contributed by atoms with van der Waals surface area (Å²) in [5.41, 5.74) is 1.10. The Morgan fingerprint density at radius 2 is 2.12 bits per heavy atom. The highest BCUT2D eigenvalue weighted by atomic mass is 127. The normalized spacial score (nSPS) is 18.3. The predicted octanol–water partition coefficient (Wildman–Crippen LogP) is 2.34. The van der Waals surface area contributed by atoms with Gasteiger partial charge in [0.2, 0.25) is 0 Å². The van der Waals surface area contributed by atoms with Crippen LogP contribution in [0.5, 0.6) is 5.75 Å². The van der Waals surface area contributed by atoms with Gasteiger partial charge in [0.15, 0.2) is 5.96 Å². The van der Waals surface area contributed by atoms with Crippen LogP contribution in [-0.4, -0.2) is 63.9 Å². The molecule has 0 radical (unpaired) electrons. The minimum Gasteiger partial charge on any atom is -0.496 e. The lowest BCUT2D eigenvalue weighted by atomic mass is 10.2. The molecule has 1 aliphatic rings. The number of aliphatic imine (C=N–C) groups is 1. The quantitative estimate of drug-likeness (QED) is 0.360. The van der Waals surface area contributed by atoms with Crippen LogP contribution in [0.2, 0.25) is 0 Å². The molecule has 1 heterocycles. The molecule has 148 valence electrons. The third-order valence-electron chi connectivity index (χ3n) is 4.21. The first-order chi connectivity index (χ1) is 12.1. The fourth-order valence-corrected chi connectivity index (χ4v) is 3.05. The third-order valence-corrected chi connectivity index (χ3v) is 4.21. The van der Waals surface area contributed by atoms with E-state index in [1.54, 1.807) is 14.2 Å². The molecule has 7 heteroatoms. The maximum Gasteiger partial charge on any atom is 0.191 e. The van der Waals surface area contributed by atoms with Crippen LogP contribution in [0.25, 0.3) is 0 Å². The summed E-state index contributed by atoms with van der Waals surface area (Å²) in [6, 6.07) is 7.99.